The van der Waals surface area contributed by atoms with Crippen molar-refractivity contribution >= 4 is 25.7 Å². The van der Waals surface area contributed by atoms with Crippen LogP contribution in [0.3, 0.4) is 0 Å². The Morgan fingerprint density at radius 2 is 0.730 bits per heavy atom. The first-order valence-corrected chi connectivity index (χ1v) is 31.0. The van der Waals surface area contributed by atoms with Crippen LogP contribution in [0, 0.1) is 0 Å². The normalized spacial score (nSPS) is 14.0. The number of aliphatic hydroxyl groups excluding tert-OH is 1. The van der Waals surface area contributed by atoms with Crippen molar-refractivity contribution in [1.82, 2.24) is 0 Å². The Hall–Kier alpha value is -3.34. The second-order valence-corrected chi connectivity index (χ2v) is 20.9. The van der Waals surface area contributed by atoms with Crippen LogP contribution in [-0.2, 0) is 42.2 Å². The molecule has 0 aliphatic rings. The number of aliphatic hydroxyl groups is 1. The molecule has 0 saturated carbocycles. The van der Waals surface area contributed by atoms with Crippen molar-refractivity contribution in [3.63, 3.8) is 0 Å². The van der Waals surface area contributed by atoms with Crippen molar-refractivity contribution in [1.29, 1.82) is 0 Å². The summed E-state index contributed by atoms with van der Waals surface area (Å²) in [6.07, 6.45) is 63.9. The van der Waals surface area contributed by atoms with Gasteiger partial charge < -0.3 is 24.2 Å². The first-order chi connectivity index (χ1) is 36.2. The average molecular weight is 1060 g/mol. The Morgan fingerprint density at radius 1 is 0.392 bits per heavy atom. The summed E-state index contributed by atoms with van der Waals surface area (Å²) in [5.41, 5.74) is 0. The number of carbonyl (C=O) groups is 3. The highest BCUT2D eigenvalue weighted by Crippen LogP contribution is 2.43. The minimum absolute atomic E-state index is 0.154. The van der Waals surface area contributed by atoms with E-state index in [1.807, 2.05) is 0 Å². The molecule has 12 heteroatoms. The average Bonchev–Trinajstić information content (AvgIpc) is 3.39. The molecule has 0 amide bonds. The second-order valence-electron chi connectivity index (χ2n) is 19.4. The number of ether oxygens (including phenoxy) is 3. The molecule has 0 bridgehead atoms. The molecule has 3 unspecified atom stereocenters. The number of carbonyl (C=O) groups excluding carboxylic acids is 3. The fourth-order valence-corrected chi connectivity index (χ4v) is 8.58. The molecule has 426 valence electrons. The highest BCUT2D eigenvalue weighted by molar-refractivity contribution is 7.47. The van der Waals surface area contributed by atoms with Gasteiger partial charge in [-0.3, -0.25) is 23.4 Å². The lowest BCUT2D eigenvalue weighted by Crippen LogP contribution is -2.30. The summed E-state index contributed by atoms with van der Waals surface area (Å²) in [6.45, 7) is 4.41. The molecule has 0 aromatic rings. The summed E-state index contributed by atoms with van der Waals surface area (Å²) >= 11 is 0. The van der Waals surface area contributed by atoms with E-state index in [4.69, 9.17) is 23.3 Å². The van der Waals surface area contributed by atoms with Gasteiger partial charge in [0.1, 0.15) is 12.7 Å². The molecule has 0 aromatic carbocycles. The zero-order valence-corrected chi connectivity index (χ0v) is 47.9. The summed E-state index contributed by atoms with van der Waals surface area (Å²) in [6, 6.07) is 0. The zero-order valence-electron chi connectivity index (χ0n) is 47.0. The van der Waals surface area contributed by atoms with Gasteiger partial charge in [-0.25, -0.2) is 4.57 Å². The maximum absolute atomic E-state index is 12.9. The Morgan fingerprint density at radius 3 is 1.14 bits per heavy atom. The van der Waals surface area contributed by atoms with Gasteiger partial charge in [0.2, 0.25) is 0 Å². The van der Waals surface area contributed by atoms with E-state index >= 15 is 0 Å². The minimum atomic E-state index is -4.76. The van der Waals surface area contributed by atoms with E-state index in [0.717, 1.165) is 128 Å². The molecule has 2 N–H and O–H groups in total. The van der Waals surface area contributed by atoms with Crippen molar-refractivity contribution in [2.75, 3.05) is 26.4 Å². The summed E-state index contributed by atoms with van der Waals surface area (Å²) in [5.74, 6) is -1.50. The van der Waals surface area contributed by atoms with Crippen LogP contribution in [0.5, 0.6) is 0 Å². The SMILES string of the molecule is CC/C=C\C/C=C\C/C=C\CCCCCCCC(=O)OC(CO)COP(=O)(O)OCC(COC(=O)CCCCCCC/C=C\C/C=C\CCC)OC(=O)CCCCCCCCCCC/C=C\C/C=C\CCCCC. The number of phosphoric acid groups is 1. The van der Waals surface area contributed by atoms with Gasteiger partial charge in [-0.05, 0) is 109 Å². The Labute approximate surface area is 451 Å². The van der Waals surface area contributed by atoms with Crippen molar-refractivity contribution in [2.24, 2.45) is 0 Å². The lowest BCUT2D eigenvalue weighted by atomic mass is 10.1. The highest BCUT2D eigenvalue weighted by atomic mass is 31.2. The van der Waals surface area contributed by atoms with E-state index < -0.39 is 57.8 Å². The molecule has 0 rings (SSSR count). The number of hydrogen-bond acceptors (Lipinski definition) is 10. The van der Waals surface area contributed by atoms with E-state index in [1.165, 1.54) is 64.2 Å². The molecule has 74 heavy (non-hydrogen) atoms. The number of rotatable bonds is 54. The van der Waals surface area contributed by atoms with E-state index in [-0.39, 0.29) is 25.9 Å². The van der Waals surface area contributed by atoms with Crippen molar-refractivity contribution < 1.29 is 52.2 Å². The molecule has 0 heterocycles. The van der Waals surface area contributed by atoms with Gasteiger partial charge in [0.25, 0.3) is 0 Å². The van der Waals surface area contributed by atoms with Crippen LogP contribution in [-0.4, -0.2) is 66.5 Å². The molecule has 0 saturated heterocycles. The largest absolute Gasteiger partial charge is 0.472 e. The van der Waals surface area contributed by atoms with Crippen molar-refractivity contribution in [3.05, 3.63) is 85.1 Å². The molecule has 0 aromatic heterocycles. The van der Waals surface area contributed by atoms with Gasteiger partial charge in [-0.2, -0.15) is 0 Å². The van der Waals surface area contributed by atoms with E-state index in [2.05, 4.69) is 106 Å². The maximum atomic E-state index is 12.9. The molecule has 11 nitrogen and oxygen atoms in total. The maximum Gasteiger partial charge on any atom is 0.472 e. The van der Waals surface area contributed by atoms with E-state index in [0.29, 0.717) is 19.3 Å². The van der Waals surface area contributed by atoms with Crippen LogP contribution in [0.25, 0.3) is 0 Å². The van der Waals surface area contributed by atoms with Crippen molar-refractivity contribution in [2.45, 2.75) is 264 Å². The Balaban J connectivity index is 4.73. The molecule has 3 atom stereocenters. The standard InChI is InChI=1S/C62H107O11P/c1-4-7-10-13-16-19-22-25-27-28-29-30-32-35-38-41-44-47-50-53-62(66)73-59(55-69-60(64)51-48-45-42-39-36-33-24-21-18-15-12-9-6-3)57-71-74(67,68)70-56-58(54-63)72-61(65)52-49-46-43-40-37-34-31-26-23-20-17-14-11-8-5-2/h8,11-12,15-17,19-21,24-27,31,58-59,63H,4-7,9-10,13-14,18,22-23,28-30,32-57H2,1-3H3,(H,67,68)/b11-8-,15-12-,19-16-,20-17-,24-21-,27-25-,31-26-. The number of esters is 3. The molecular formula is C62H107O11P. The van der Waals surface area contributed by atoms with Crippen molar-refractivity contribution in [3.8, 4) is 0 Å². The molecule has 0 aliphatic heterocycles. The third-order valence-electron chi connectivity index (χ3n) is 12.3. The predicted octanol–water partition coefficient (Wildman–Crippen LogP) is 17.5. The van der Waals surface area contributed by atoms with Gasteiger partial charge in [0.15, 0.2) is 6.10 Å². The summed E-state index contributed by atoms with van der Waals surface area (Å²) in [7, 11) is -4.76. The fourth-order valence-electron chi connectivity index (χ4n) is 7.79. The summed E-state index contributed by atoms with van der Waals surface area (Å²) in [4.78, 5) is 48.6. The Kier molecular flexibility index (Phi) is 53.4. The van der Waals surface area contributed by atoms with Gasteiger partial charge in [0.05, 0.1) is 19.8 Å². The van der Waals surface area contributed by atoms with Crippen LogP contribution in [0.1, 0.15) is 252 Å². The van der Waals surface area contributed by atoms with Gasteiger partial charge in [-0.15, -0.1) is 0 Å². The summed E-state index contributed by atoms with van der Waals surface area (Å²) < 4.78 is 39.5. The van der Waals surface area contributed by atoms with Gasteiger partial charge >= 0.3 is 25.7 Å². The lowest BCUT2D eigenvalue weighted by molar-refractivity contribution is -0.161. The quantitative estimate of drug-likeness (QED) is 0.0197. The number of phosphoric ester groups is 1. The van der Waals surface area contributed by atoms with Crippen LogP contribution in [0.4, 0.5) is 0 Å². The van der Waals surface area contributed by atoms with Crippen LogP contribution < -0.4 is 0 Å². The molecule has 0 fully saturated rings. The first-order valence-electron chi connectivity index (χ1n) is 29.5. The van der Waals surface area contributed by atoms with Crippen LogP contribution >= 0.6 is 7.82 Å². The highest BCUT2D eigenvalue weighted by Gasteiger charge is 2.28. The van der Waals surface area contributed by atoms with Crippen LogP contribution in [0.2, 0.25) is 0 Å². The number of hydrogen-bond donors (Lipinski definition) is 2. The fraction of sp³-hybridized carbons (Fsp3) is 0.726. The first kappa shape index (κ1) is 70.7. The molecule has 0 spiro atoms. The zero-order chi connectivity index (χ0) is 54.1. The number of unbranched alkanes of at least 4 members (excludes halogenated alkanes) is 23. The monoisotopic (exact) mass is 1060 g/mol. The second kappa shape index (κ2) is 55.9. The van der Waals surface area contributed by atoms with Gasteiger partial charge in [-0.1, -0.05) is 209 Å². The summed E-state index contributed by atoms with van der Waals surface area (Å²) in [5, 5.41) is 9.82. The van der Waals surface area contributed by atoms with Crippen LogP contribution in [0.15, 0.2) is 85.1 Å². The molecule has 0 radical (unpaired) electrons. The lowest BCUT2D eigenvalue weighted by Gasteiger charge is -2.21. The third-order valence-corrected chi connectivity index (χ3v) is 13.2. The predicted molar refractivity (Wildman–Crippen MR) is 307 cm³/mol. The topological polar surface area (TPSA) is 155 Å². The van der Waals surface area contributed by atoms with Gasteiger partial charge in [0, 0.05) is 19.3 Å². The Bertz CT molecular complexity index is 1560. The smallest absolute Gasteiger partial charge is 0.462 e. The van der Waals surface area contributed by atoms with E-state index in [9.17, 15) is 28.9 Å². The molecule has 0 aliphatic carbocycles. The number of allylic oxidation sites excluding steroid dienone is 14. The third kappa shape index (κ3) is 53.5. The van der Waals surface area contributed by atoms with E-state index in [1.54, 1.807) is 0 Å². The molecular weight excluding hydrogens is 952 g/mol. The minimum Gasteiger partial charge on any atom is -0.462 e.